The molecule has 0 amide bonds. The van der Waals surface area contributed by atoms with Gasteiger partial charge in [-0.2, -0.15) is 8.78 Å². The summed E-state index contributed by atoms with van der Waals surface area (Å²) in [4.78, 5) is 0. The van der Waals surface area contributed by atoms with Gasteiger partial charge in [0.05, 0.1) is 0 Å². The molecule has 3 unspecified atom stereocenters. The fraction of sp³-hybridized carbons (Fsp3) is 0.571. The molecule has 0 fully saturated rings. The fourth-order valence-corrected chi connectivity index (χ4v) is 1.75. The monoisotopic (exact) mass is 273 g/mol. The van der Waals surface area contributed by atoms with Crippen molar-refractivity contribution in [3.8, 4) is 5.75 Å². The van der Waals surface area contributed by atoms with Gasteiger partial charge in [-0.1, -0.05) is 19.1 Å². The van der Waals surface area contributed by atoms with Crippen molar-refractivity contribution >= 4 is 0 Å². The van der Waals surface area contributed by atoms with Crippen LogP contribution in [0.2, 0.25) is 0 Å². The van der Waals surface area contributed by atoms with Gasteiger partial charge in [0, 0.05) is 18.7 Å². The molecule has 108 valence electrons. The number of aliphatic hydroxyl groups is 1. The Kier molecular flexibility index (Phi) is 6.18. The fourth-order valence-electron chi connectivity index (χ4n) is 1.75. The van der Waals surface area contributed by atoms with Crippen LogP contribution in [0.1, 0.15) is 32.4 Å². The molecule has 3 nitrogen and oxygen atoms in total. The van der Waals surface area contributed by atoms with Crippen molar-refractivity contribution in [2.75, 3.05) is 6.61 Å². The molecule has 0 bridgehead atoms. The summed E-state index contributed by atoms with van der Waals surface area (Å²) in [7, 11) is 0. The lowest BCUT2D eigenvalue weighted by molar-refractivity contribution is -0.0498. The standard InChI is InChI=1S/C14H21F2NO2/c1-9(8-18)10(2)17-11(3)12-4-6-13(7-5-12)19-14(15)16/h4-7,9-11,14,17-18H,8H2,1-3H3. The zero-order valence-electron chi connectivity index (χ0n) is 11.4. The molecule has 0 aliphatic carbocycles. The van der Waals surface area contributed by atoms with E-state index in [1.807, 2.05) is 20.8 Å². The van der Waals surface area contributed by atoms with E-state index in [4.69, 9.17) is 5.11 Å². The van der Waals surface area contributed by atoms with Gasteiger partial charge in [-0.15, -0.1) is 0 Å². The highest BCUT2D eigenvalue weighted by Crippen LogP contribution is 2.20. The van der Waals surface area contributed by atoms with E-state index in [2.05, 4.69) is 10.1 Å². The first kappa shape index (κ1) is 15.9. The normalized spacial score (nSPS) is 16.2. The minimum atomic E-state index is -2.80. The molecule has 0 saturated carbocycles. The molecule has 1 rings (SSSR count). The number of nitrogens with one attached hydrogen (secondary N) is 1. The van der Waals surface area contributed by atoms with Crippen LogP contribution < -0.4 is 10.1 Å². The highest BCUT2D eigenvalue weighted by atomic mass is 19.3. The molecular formula is C14H21F2NO2. The molecular weight excluding hydrogens is 252 g/mol. The second-order valence-corrected chi connectivity index (χ2v) is 4.78. The van der Waals surface area contributed by atoms with Crippen molar-refractivity contribution in [2.24, 2.45) is 5.92 Å². The highest BCUT2D eigenvalue weighted by Gasteiger charge is 2.15. The first-order valence-corrected chi connectivity index (χ1v) is 6.35. The third-order valence-electron chi connectivity index (χ3n) is 3.26. The van der Waals surface area contributed by atoms with Crippen molar-refractivity contribution < 1.29 is 18.6 Å². The van der Waals surface area contributed by atoms with E-state index in [0.29, 0.717) is 0 Å². The maximum absolute atomic E-state index is 12.0. The molecule has 0 aliphatic rings. The van der Waals surface area contributed by atoms with Crippen LogP contribution in [0.4, 0.5) is 8.78 Å². The Balaban J connectivity index is 2.60. The lowest BCUT2D eigenvalue weighted by Crippen LogP contribution is -2.35. The minimum absolute atomic E-state index is 0.0737. The SMILES string of the molecule is CC(NC(C)C(C)CO)c1ccc(OC(F)F)cc1. The van der Waals surface area contributed by atoms with E-state index in [-0.39, 0.29) is 30.4 Å². The quantitative estimate of drug-likeness (QED) is 0.802. The molecule has 19 heavy (non-hydrogen) atoms. The highest BCUT2D eigenvalue weighted by molar-refractivity contribution is 5.29. The van der Waals surface area contributed by atoms with Crippen molar-refractivity contribution in [1.82, 2.24) is 5.32 Å². The molecule has 0 heterocycles. The molecule has 1 aromatic carbocycles. The largest absolute Gasteiger partial charge is 0.435 e. The summed E-state index contributed by atoms with van der Waals surface area (Å²) >= 11 is 0. The van der Waals surface area contributed by atoms with Crippen LogP contribution in [0.3, 0.4) is 0 Å². The summed E-state index contributed by atoms with van der Waals surface area (Å²) in [6, 6.07) is 6.80. The van der Waals surface area contributed by atoms with Gasteiger partial charge in [-0.25, -0.2) is 0 Å². The van der Waals surface area contributed by atoms with Gasteiger partial charge in [0.25, 0.3) is 0 Å². The first-order valence-electron chi connectivity index (χ1n) is 6.35. The maximum atomic E-state index is 12.0. The van der Waals surface area contributed by atoms with E-state index >= 15 is 0 Å². The molecule has 0 aliphatic heterocycles. The van der Waals surface area contributed by atoms with Crippen molar-refractivity contribution in [1.29, 1.82) is 0 Å². The van der Waals surface area contributed by atoms with E-state index in [1.165, 1.54) is 12.1 Å². The summed E-state index contributed by atoms with van der Waals surface area (Å²) in [5.74, 6) is 0.312. The Bertz CT molecular complexity index is 370. The average molecular weight is 273 g/mol. The molecule has 0 saturated heterocycles. The number of hydrogen-bond acceptors (Lipinski definition) is 3. The smallest absolute Gasteiger partial charge is 0.387 e. The van der Waals surface area contributed by atoms with Crippen LogP contribution in [0, 0.1) is 5.92 Å². The molecule has 1 aromatic rings. The summed E-state index contributed by atoms with van der Waals surface area (Å²) in [6.07, 6.45) is 0. The van der Waals surface area contributed by atoms with E-state index < -0.39 is 6.61 Å². The van der Waals surface area contributed by atoms with Crippen molar-refractivity contribution in [3.63, 3.8) is 0 Å². The zero-order valence-corrected chi connectivity index (χ0v) is 11.4. The van der Waals surface area contributed by atoms with Crippen LogP contribution in [0.15, 0.2) is 24.3 Å². The van der Waals surface area contributed by atoms with Crippen LogP contribution >= 0.6 is 0 Å². The van der Waals surface area contributed by atoms with Gasteiger partial charge >= 0.3 is 6.61 Å². The number of ether oxygens (including phenoxy) is 1. The Labute approximate surface area is 112 Å². The summed E-state index contributed by atoms with van der Waals surface area (Å²) in [5.41, 5.74) is 0.985. The third kappa shape index (κ3) is 5.12. The van der Waals surface area contributed by atoms with Crippen LogP contribution in [-0.2, 0) is 0 Å². The Morgan fingerprint density at radius 2 is 1.74 bits per heavy atom. The number of alkyl halides is 2. The van der Waals surface area contributed by atoms with Gasteiger partial charge < -0.3 is 15.2 Å². The maximum Gasteiger partial charge on any atom is 0.387 e. The molecule has 0 radical (unpaired) electrons. The molecule has 5 heteroatoms. The van der Waals surface area contributed by atoms with Gasteiger partial charge in [-0.05, 0) is 37.5 Å². The number of benzene rings is 1. The zero-order chi connectivity index (χ0) is 14.4. The van der Waals surface area contributed by atoms with Gasteiger partial charge in [0.15, 0.2) is 0 Å². The minimum Gasteiger partial charge on any atom is -0.435 e. The predicted octanol–water partition coefficient (Wildman–Crippen LogP) is 2.96. The van der Waals surface area contributed by atoms with Crippen LogP contribution in [-0.4, -0.2) is 24.4 Å². The Morgan fingerprint density at radius 3 is 2.21 bits per heavy atom. The number of halogens is 2. The number of hydrogen-bond donors (Lipinski definition) is 2. The second-order valence-electron chi connectivity index (χ2n) is 4.78. The van der Waals surface area contributed by atoms with E-state index in [1.54, 1.807) is 12.1 Å². The van der Waals surface area contributed by atoms with Gasteiger partial charge in [0.2, 0.25) is 0 Å². The van der Waals surface area contributed by atoms with E-state index in [9.17, 15) is 8.78 Å². The predicted molar refractivity (Wildman–Crippen MR) is 70.3 cm³/mol. The summed E-state index contributed by atoms with van der Waals surface area (Å²) < 4.78 is 28.3. The third-order valence-corrected chi connectivity index (χ3v) is 3.26. The first-order chi connectivity index (χ1) is 8.93. The lowest BCUT2D eigenvalue weighted by atomic mass is 10.0. The van der Waals surface area contributed by atoms with Crippen LogP contribution in [0.25, 0.3) is 0 Å². The Hall–Kier alpha value is -1.20. The average Bonchev–Trinajstić information content (AvgIpc) is 2.37. The second kappa shape index (κ2) is 7.40. The molecule has 0 spiro atoms. The molecule has 3 atom stereocenters. The molecule has 0 aromatic heterocycles. The van der Waals surface area contributed by atoms with Gasteiger partial charge in [-0.3, -0.25) is 0 Å². The van der Waals surface area contributed by atoms with Crippen molar-refractivity contribution in [2.45, 2.75) is 39.5 Å². The summed E-state index contributed by atoms with van der Waals surface area (Å²) in [6.45, 7) is 3.29. The van der Waals surface area contributed by atoms with Crippen LogP contribution in [0.5, 0.6) is 5.75 Å². The number of rotatable bonds is 7. The summed E-state index contributed by atoms with van der Waals surface area (Å²) in [5, 5.41) is 12.4. The topological polar surface area (TPSA) is 41.5 Å². The van der Waals surface area contributed by atoms with Crippen molar-refractivity contribution in [3.05, 3.63) is 29.8 Å². The van der Waals surface area contributed by atoms with E-state index in [0.717, 1.165) is 5.56 Å². The van der Waals surface area contributed by atoms with Gasteiger partial charge in [0.1, 0.15) is 5.75 Å². The Morgan fingerprint density at radius 1 is 1.16 bits per heavy atom. The molecule has 2 N–H and O–H groups in total. The number of aliphatic hydroxyl groups excluding tert-OH is 1. The lowest BCUT2D eigenvalue weighted by Gasteiger charge is -2.24.